The number of halogens is 3. The SMILES string of the molecule is CC(C)C1(c2cc(Nc3cc(C(F)F)ccn3)nc(N3CC(F)C3)c2)CCOCC1. The van der Waals surface area contributed by atoms with Gasteiger partial charge in [0.05, 0.1) is 13.1 Å². The molecule has 0 bridgehead atoms. The molecule has 162 valence electrons. The molecule has 30 heavy (non-hydrogen) atoms. The fraction of sp³-hybridized carbons (Fsp3) is 0.545. The van der Waals surface area contributed by atoms with Crippen molar-refractivity contribution < 1.29 is 17.9 Å². The maximum Gasteiger partial charge on any atom is 0.264 e. The van der Waals surface area contributed by atoms with E-state index in [0.717, 1.165) is 18.4 Å². The number of nitrogens with zero attached hydrogens (tertiary/aromatic N) is 3. The molecular formula is C22H27F3N4O. The van der Waals surface area contributed by atoms with Crippen LogP contribution in [0.1, 0.15) is 44.2 Å². The highest BCUT2D eigenvalue weighted by molar-refractivity contribution is 5.59. The minimum absolute atomic E-state index is 0.0788. The third-order valence-electron chi connectivity index (χ3n) is 6.33. The normalized spacial score (nSPS) is 19.2. The molecular weight excluding hydrogens is 393 g/mol. The number of pyridine rings is 2. The standard InChI is InChI=1S/C22H27F3N4O/c1-14(2)22(4-7-30-8-5-22)16-10-19(28-20(11-16)29-12-17(23)13-29)27-18-9-15(21(24)25)3-6-26-18/h3,6,9-11,14,17,21H,4-5,7-8,12-13H2,1-2H3,(H,26,27,28). The summed E-state index contributed by atoms with van der Waals surface area (Å²) in [5, 5.41) is 3.08. The van der Waals surface area contributed by atoms with Crippen LogP contribution in [0.3, 0.4) is 0 Å². The molecule has 1 N–H and O–H groups in total. The van der Waals surface area contributed by atoms with E-state index in [1.165, 1.54) is 18.3 Å². The van der Waals surface area contributed by atoms with Crippen LogP contribution in [0.2, 0.25) is 0 Å². The lowest BCUT2D eigenvalue weighted by Gasteiger charge is -2.42. The molecule has 0 aromatic carbocycles. The maximum atomic E-state index is 13.5. The van der Waals surface area contributed by atoms with Gasteiger partial charge in [-0.05, 0) is 48.6 Å². The number of aromatic nitrogens is 2. The highest BCUT2D eigenvalue weighted by atomic mass is 19.3. The molecule has 0 amide bonds. The van der Waals surface area contributed by atoms with Crippen molar-refractivity contribution in [2.24, 2.45) is 5.92 Å². The Morgan fingerprint density at radius 1 is 1.13 bits per heavy atom. The van der Waals surface area contributed by atoms with E-state index in [0.29, 0.717) is 49.7 Å². The molecule has 8 heteroatoms. The van der Waals surface area contributed by atoms with Crippen molar-refractivity contribution in [1.29, 1.82) is 0 Å². The molecule has 4 rings (SSSR count). The van der Waals surface area contributed by atoms with E-state index in [1.54, 1.807) is 0 Å². The average molecular weight is 420 g/mol. The summed E-state index contributed by atoms with van der Waals surface area (Å²) in [5.41, 5.74) is 0.931. The van der Waals surface area contributed by atoms with Gasteiger partial charge >= 0.3 is 0 Å². The largest absolute Gasteiger partial charge is 0.381 e. The monoisotopic (exact) mass is 420 g/mol. The van der Waals surface area contributed by atoms with Crippen molar-refractivity contribution in [1.82, 2.24) is 9.97 Å². The summed E-state index contributed by atoms with van der Waals surface area (Å²) in [6.45, 7) is 6.40. The van der Waals surface area contributed by atoms with Gasteiger partial charge in [0.15, 0.2) is 0 Å². The van der Waals surface area contributed by atoms with Gasteiger partial charge in [-0.25, -0.2) is 23.1 Å². The molecule has 2 aromatic heterocycles. The van der Waals surface area contributed by atoms with Gasteiger partial charge in [0, 0.05) is 30.4 Å². The van der Waals surface area contributed by atoms with Gasteiger partial charge in [-0.3, -0.25) is 0 Å². The zero-order chi connectivity index (χ0) is 21.3. The van der Waals surface area contributed by atoms with Crippen LogP contribution in [-0.4, -0.2) is 42.4 Å². The smallest absolute Gasteiger partial charge is 0.264 e. The number of ether oxygens (including phenoxy) is 1. The molecule has 0 saturated carbocycles. The van der Waals surface area contributed by atoms with Crippen molar-refractivity contribution in [3.8, 4) is 0 Å². The van der Waals surface area contributed by atoms with Crippen LogP contribution in [0.25, 0.3) is 0 Å². The Labute approximate surface area is 174 Å². The molecule has 0 unspecified atom stereocenters. The summed E-state index contributed by atoms with van der Waals surface area (Å²) in [4.78, 5) is 10.7. The van der Waals surface area contributed by atoms with Gasteiger partial charge in [0.1, 0.15) is 23.6 Å². The van der Waals surface area contributed by atoms with Gasteiger partial charge < -0.3 is 15.0 Å². The molecule has 2 aromatic rings. The van der Waals surface area contributed by atoms with E-state index in [1.807, 2.05) is 17.0 Å². The van der Waals surface area contributed by atoms with E-state index >= 15 is 0 Å². The van der Waals surface area contributed by atoms with E-state index in [-0.39, 0.29) is 11.0 Å². The van der Waals surface area contributed by atoms with Gasteiger partial charge in [-0.1, -0.05) is 13.8 Å². The Hall–Kier alpha value is -2.35. The van der Waals surface area contributed by atoms with Crippen LogP contribution in [0.15, 0.2) is 30.5 Å². The lowest BCUT2D eigenvalue weighted by atomic mass is 9.67. The zero-order valence-electron chi connectivity index (χ0n) is 17.2. The predicted molar refractivity (Wildman–Crippen MR) is 110 cm³/mol. The molecule has 0 aliphatic carbocycles. The van der Waals surface area contributed by atoms with Gasteiger partial charge in [-0.2, -0.15) is 0 Å². The highest BCUT2D eigenvalue weighted by Crippen LogP contribution is 2.43. The molecule has 5 nitrogen and oxygen atoms in total. The number of nitrogens with one attached hydrogen (secondary N) is 1. The Morgan fingerprint density at radius 2 is 1.87 bits per heavy atom. The summed E-state index contributed by atoms with van der Waals surface area (Å²) in [7, 11) is 0. The van der Waals surface area contributed by atoms with Gasteiger partial charge in [0.25, 0.3) is 6.43 Å². The summed E-state index contributed by atoms with van der Waals surface area (Å²) in [5.74, 6) is 1.90. The second-order valence-electron chi connectivity index (χ2n) is 8.42. The van der Waals surface area contributed by atoms with Crippen molar-refractivity contribution in [2.45, 2.75) is 44.7 Å². The highest BCUT2D eigenvalue weighted by Gasteiger charge is 2.39. The third-order valence-corrected chi connectivity index (χ3v) is 6.33. The van der Waals surface area contributed by atoms with Crippen LogP contribution in [0.5, 0.6) is 0 Å². The fourth-order valence-electron chi connectivity index (χ4n) is 4.36. The Morgan fingerprint density at radius 3 is 2.50 bits per heavy atom. The molecule has 2 saturated heterocycles. The van der Waals surface area contributed by atoms with Crippen LogP contribution in [-0.2, 0) is 10.2 Å². The summed E-state index contributed by atoms with van der Waals surface area (Å²) >= 11 is 0. The fourth-order valence-corrected chi connectivity index (χ4v) is 4.36. The quantitative estimate of drug-likeness (QED) is 0.711. The minimum atomic E-state index is -2.57. The third kappa shape index (κ3) is 4.10. The van der Waals surface area contributed by atoms with Crippen molar-refractivity contribution in [3.63, 3.8) is 0 Å². The minimum Gasteiger partial charge on any atom is -0.381 e. The Kier molecular flexibility index (Phi) is 5.86. The first-order valence-corrected chi connectivity index (χ1v) is 10.4. The number of hydrogen-bond acceptors (Lipinski definition) is 5. The zero-order valence-corrected chi connectivity index (χ0v) is 17.2. The first-order chi connectivity index (χ1) is 14.4. The summed E-state index contributed by atoms with van der Waals surface area (Å²) in [6, 6.07) is 6.64. The van der Waals surface area contributed by atoms with Gasteiger partial charge in [0.2, 0.25) is 0 Å². The van der Waals surface area contributed by atoms with Crippen molar-refractivity contribution in [2.75, 3.05) is 36.5 Å². The van der Waals surface area contributed by atoms with Crippen molar-refractivity contribution in [3.05, 3.63) is 41.6 Å². The van der Waals surface area contributed by atoms with Crippen LogP contribution in [0, 0.1) is 5.92 Å². The molecule has 4 heterocycles. The molecule has 2 fully saturated rings. The van der Waals surface area contributed by atoms with E-state index < -0.39 is 12.6 Å². The Balaban J connectivity index is 1.72. The molecule has 2 aliphatic rings. The number of rotatable bonds is 6. The van der Waals surface area contributed by atoms with E-state index in [9.17, 15) is 13.2 Å². The maximum absolute atomic E-state index is 13.5. The first-order valence-electron chi connectivity index (χ1n) is 10.4. The van der Waals surface area contributed by atoms with Crippen LogP contribution in [0.4, 0.5) is 30.6 Å². The number of alkyl halides is 3. The summed E-state index contributed by atoms with van der Waals surface area (Å²) < 4.78 is 45.2. The van der Waals surface area contributed by atoms with Crippen LogP contribution >= 0.6 is 0 Å². The van der Waals surface area contributed by atoms with Crippen LogP contribution < -0.4 is 10.2 Å². The number of hydrogen-bond donors (Lipinski definition) is 1. The van der Waals surface area contributed by atoms with E-state index in [4.69, 9.17) is 4.74 Å². The Bertz CT molecular complexity index is 880. The average Bonchev–Trinajstić information content (AvgIpc) is 2.71. The van der Waals surface area contributed by atoms with Crippen molar-refractivity contribution >= 4 is 17.5 Å². The molecule has 2 aliphatic heterocycles. The lowest BCUT2D eigenvalue weighted by Crippen LogP contribution is -2.49. The molecule has 0 spiro atoms. The number of anilines is 3. The van der Waals surface area contributed by atoms with Gasteiger partial charge in [-0.15, -0.1) is 0 Å². The lowest BCUT2D eigenvalue weighted by molar-refractivity contribution is 0.0321. The first kappa shape index (κ1) is 20.9. The second-order valence-corrected chi connectivity index (χ2v) is 8.42. The second kappa shape index (κ2) is 8.41. The summed E-state index contributed by atoms with van der Waals surface area (Å²) in [6.07, 6.45) is -0.293. The topological polar surface area (TPSA) is 50.3 Å². The predicted octanol–water partition coefficient (Wildman–Crippen LogP) is 5.02. The molecule has 0 atom stereocenters. The van der Waals surface area contributed by atoms with E-state index in [2.05, 4.69) is 29.1 Å². The molecule has 0 radical (unpaired) electrons.